The van der Waals surface area contributed by atoms with Crippen LogP contribution in [-0.4, -0.2) is 17.6 Å². The summed E-state index contributed by atoms with van der Waals surface area (Å²) in [6.45, 7) is 7.80. The van der Waals surface area contributed by atoms with E-state index in [1.165, 1.54) is 18.2 Å². The van der Waals surface area contributed by atoms with Crippen LogP contribution in [0.3, 0.4) is 0 Å². The van der Waals surface area contributed by atoms with Gasteiger partial charge in [0.05, 0.1) is 16.9 Å². The third-order valence-electron chi connectivity index (χ3n) is 5.57. The predicted molar refractivity (Wildman–Crippen MR) is 122 cm³/mol. The van der Waals surface area contributed by atoms with Crippen molar-refractivity contribution in [3.05, 3.63) is 86.0 Å². The van der Waals surface area contributed by atoms with Gasteiger partial charge in [-0.15, -0.1) is 0 Å². The van der Waals surface area contributed by atoms with E-state index >= 15 is 0 Å². The highest BCUT2D eigenvalue weighted by atomic mass is 35.5. The SMILES string of the molecule is Cc1cc(=O)[nH]c(C)c1N1CN(c2ccc(F)cc2C(C)C)c2ccc(Cl)cc2C1=O. The Bertz CT molecular complexity index is 1230. The topological polar surface area (TPSA) is 56.4 Å². The van der Waals surface area contributed by atoms with E-state index in [1.807, 2.05) is 24.8 Å². The van der Waals surface area contributed by atoms with Crippen molar-refractivity contribution in [1.29, 1.82) is 0 Å². The van der Waals surface area contributed by atoms with Crippen LogP contribution < -0.4 is 15.4 Å². The number of aromatic nitrogens is 1. The van der Waals surface area contributed by atoms with Gasteiger partial charge in [0.1, 0.15) is 12.5 Å². The Balaban J connectivity index is 1.95. The zero-order valence-corrected chi connectivity index (χ0v) is 18.5. The second kappa shape index (κ2) is 7.85. The second-order valence-corrected chi connectivity index (χ2v) is 8.55. The zero-order valence-electron chi connectivity index (χ0n) is 17.8. The second-order valence-electron chi connectivity index (χ2n) is 8.11. The Morgan fingerprint density at radius 3 is 2.39 bits per heavy atom. The van der Waals surface area contributed by atoms with E-state index in [9.17, 15) is 14.0 Å². The molecule has 31 heavy (non-hydrogen) atoms. The molecule has 1 amide bonds. The van der Waals surface area contributed by atoms with Gasteiger partial charge in [0.2, 0.25) is 5.56 Å². The highest BCUT2D eigenvalue weighted by Crippen LogP contribution is 2.40. The number of hydrogen-bond acceptors (Lipinski definition) is 3. The van der Waals surface area contributed by atoms with Crippen molar-refractivity contribution in [2.24, 2.45) is 0 Å². The standard InChI is InChI=1S/C24H23ClFN3O2/c1-13(2)18-11-17(26)6-8-20(18)28-12-29(23-14(3)9-22(30)27-15(23)4)24(31)19-10-16(25)5-7-21(19)28/h5-11,13H,12H2,1-4H3,(H,27,30). The van der Waals surface area contributed by atoms with Crippen molar-refractivity contribution < 1.29 is 9.18 Å². The fourth-order valence-corrected chi connectivity index (χ4v) is 4.38. The van der Waals surface area contributed by atoms with Gasteiger partial charge in [-0.25, -0.2) is 4.39 Å². The quantitative estimate of drug-likeness (QED) is 0.572. The molecule has 0 radical (unpaired) electrons. The first-order chi connectivity index (χ1) is 14.7. The number of amides is 1. The van der Waals surface area contributed by atoms with E-state index in [1.54, 1.807) is 36.9 Å². The minimum atomic E-state index is -0.305. The van der Waals surface area contributed by atoms with E-state index < -0.39 is 0 Å². The van der Waals surface area contributed by atoms with Crippen molar-refractivity contribution >= 4 is 34.6 Å². The molecule has 1 aliphatic heterocycles. The largest absolute Gasteiger partial charge is 0.324 e. The minimum absolute atomic E-state index is 0.0732. The number of fused-ring (bicyclic) bond motifs is 1. The van der Waals surface area contributed by atoms with Gasteiger partial charge in [-0.05, 0) is 67.3 Å². The van der Waals surface area contributed by atoms with Crippen molar-refractivity contribution in [2.75, 3.05) is 16.5 Å². The molecule has 3 aromatic rings. The summed E-state index contributed by atoms with van der Waals surface area (Å²) in [4.78, 5) is 31.8. The Kier molecular flexibility index (Phi) is 5.35. The summed E-state index contributed by atoms with van der Waals surface area (Å²) in [6, 6.07) is 11.4. The fourth-order valence-electron chi connectivity index (χ4n) is 4.21. The van der Waals surface area contributed by atoms with Crippen LogP contribution in [0.2, 0.25) is 5.02 Å². The summed E-state index contributed by atoms with van der Waals surface area (Å²) in [5, 5.41) is 0.451. The van der Waals surface area contributed by atoms with Crippen LogP contribution in [0, 0.1) is 19.7 Å². The lowest BCUT2D eigenvalue weighted by molar-refractivity contribution is 0.0983. The maximum Gasteiger partial charge on any atom is 0.262 e. The predicted octanol–water partition coefficient (Wildman–Crippen LogP) is 5.66. The molecular formula is C24H23ClFN3O2. The molecule has 2 aromatic carbocycles. The van der Waals surface area contributed by atoms with Crippen LogP contribution in [0.5, 0.6) is 0 Å². The van der Waals surface area contributed by atoms with Crippen molar-refractivity contribution in [3.63, 3.8) is 0 Å². The monoisotopic (exact) mass is 439 g/mol. The van der Waals surface area contributed by atoms with Gasteiger partial charge in [0.15, 0.2) is 0 Å². The molecule has 0 saturated heterocycles. The Morgan fingerprint density at radius 1 is 1.00 bits per heavy atom. The molecule has 0 atom stereocenters. The summed E-state index contributed by atoms with van der Waals surface area (Å²) in [5.41, 5.74) is 4.54. The van der Waals surface area contributed by atoms with Crippen LogP contribution in [0.1, 0.15) is 46.9 Å². The molecule has 4 rings (SSSR count). The molecule has 0 spiro atoms. The minimum Gasteiger partial charge on any atom is -0.324 e. The first-order valence-corrected chi connectivity index (χ1v) is 10.4. The summed E-state index contributed by atoms with van der Waals surface area (Å²) in [6.07, 6.45) is 0. The lowest BCUT2D eigenvalue weighted by Gasteiger charge is -2.40. The van der Waals surface area contributed by atoms with Gasteiger partial charge >= 0.3 is 0 Å². The Morgan fingerprint density at radius 2 is 1.71 bits per heavy atom. The number of H-pyrrole nitrogens is 1. The molecule has 0 bridgehead atoms. The molecule has 2 heterocycles. The third-order valence-corrected chi connectivity index (χ3v) is 5.80. The van der Waals surface area contributed by atoms with E-state index in [0.29, 0.717) is 33.2 Å². The molecular weight excluding hydrogens is 417 g/mol. The van der Waals surface area contributed by atoms with Crippen molar-refractivity contribution in [2.45, 2.75) is 33.6 Å². The number of pyridine rings is 1. The number of nitrogens with zero attached hydrogens (tertiary/aromatic N) is 2. The van der Waals surface area contributed by atoms with E-state index in [4.69, 9.17) is 11.6 Å². The first kappa shape index (κ1) is 21.1. The number of rotatable bonds is 3. The maximum atomic E-state index is 14.0. The van der Waals surface area contributed by atoms with Crippen LogP contribution in [-0.2, 0) is 0 Å². The molecule has 1 N–H and O–H groups in total. The summed E-state index contributed by atoms with van der Waals surface area (Å²) < 4.78 is 14.0. The highest BCUT2D eigenvalue weighted by molar-refractivity contribution is 6.31. The average Bonchev–Trinajstić information content (AvgIpc) is 2.69. The zero-order chi connectivity index (χ0) is 22.4. The third kappa shape index (κ3) is 3.72. The fraction of sp³-hybridized carbons (Fsp3) is 0.250. The van der Waals surface area contributed by atoms with E-state index in [2.05, 4.69) is 4.98 Å². The summed E-state index contributed by atoms with van der Waals surface area (Å²) >= 11 is 6.23. The number of aryl methyl sites for hydroxylation is 2. The lowest BCUT2D eigenvalue weighted by atomic mass is 9.98. The smallest absolute Gasteiger partial charge is 0.262 e. The number of halogens is 2. The number of aromatic amines is 1. The van der Waals surface area contributed by atoms with Crippen molar-refractivity contribution in [3.8, 4) is 0 Å². The number of benzene rings is 2. The number of anilines is 3. The summed E-state index contributed by atoms with van der Waals surface area (Å²) in [7, 11) is 0. The van der Waals surface area contributed by atoms with Gasteiger partial charge in [-0.1, -0.05) is 25.4 Å². The molecule has 5 nitrogen and oxygen atoms in total. The van der Waals surface area contributed by atoms with Gasteiger partial charge < -0.3 is 9.88 Å². The maximum absolute atomic E-state index is 14.0. The summed E-state index contributed by atoms with van der Waals surface area (Å²) in [5.74, 6) is -0.440. The van der Waals surface area contributed by atoms with E-state index in [-0.39, 0.29) is 29.9 Å². The van der Waals surface area contributed by atoms with Gasteiger partial charge in [0, 0.05) is 22.5 Å². The number of carbonyl (C=O) groups is 1. The number of hydrogen-bond donors (Lipinski definition) is 1. The Hall–Kier alpha value is -3.12. The number of nitrogens with one attached hydrogen (secondary N) is 1. The van der Waals surface area contributed by atoms with Crippen LogP contribution in [0.4, 0.5) is 21.5 Å². The van der Waals surface area contributed by atoms with Crippen LogP contribution >= 0.6 is 11.6 Å². The normalized spacial score (nSPS) is 13.7. The molecule has 160 valence electrons. The molecule has 1 aromatic heterocycles. The molecule has 0 aliphatic carbocycles. The molecule has 0 unspecified atom stereocenters. The molecule has 1 aliphatic rings. The van der Waals surface area contributed by atoms with E-state index in [0.717, 1.165) is 11.3 Å². The first-order valence-electron chi connectivity index (χ1n) is 10.1. The van der Waals surface area contributed by atoms with Crippen molar-refractivity contribution in [1.82, 2.24) is 4.98 Å². The van der Waals surface area contributed by atoms with Crippen LogP contribution in [0.15, 0.2) is 47.3 Å². The molecule has 0 fully saturated rings. The average molecular weight is 440 g/mol. The highest BCUT2D eigenvalue weighted by Gasteiger charge is 2.34. The van der Waals surface area contributed by atoms with Gasteiger partial charge in [-0.2, -0.15) is 0 Å². The molecule has 0 saturated carbocycles. The molecule has 7 heteroatoms. The number of carbonyl (C=O) groups excluding carboxylic acids is 1. The van der Waals surface area contributed by atoms with Crippen LogP contribution in [0.25, 0.3) is 0 Å². The Labute approximate surface area is 185 Å². The van der Waals surface area contributed by atoms with Gasteiger partial charge in [-0.3, -0.25) is 14.5 Å². The van der Waals surface area contributed by atoms with Gasteiger partial charge in [0.25, 0.3) is 5.91 Å². The lowest BCUT2D eigenvalue weighted by Crippen LogP contribution is -2.46.